The van der Waals surface area contributed by atoms with Crippen LogP contribution in [0.25, 0.3) is 0 Å². The molecule has 2 N–H and O–H groups in total. The summed E-state index contributed by atoms with van der Waals surface area (Å²) in [6.07, 6.45) is 1.63. The van der Waals surface area contributed by atoms with Crippen molar-refractivity contribution in [1.29, 1.82) is 0 Å². The first-order valence-electron chi connectivity index (χ1n) is 7.30. The minimum Gasteiger partial charge on any atom is -0.490 e. The van der Waals surface area contributed by atoms with Crippen LogP contribution in [0, 0.1) is 0 Å². The molecule has 6 nitrogen and oxygen atoms in total. The van der Waals surface area contributed by atoms with Crippen molar-refractivity contribution in [2.45, 2.75) is 0 Å². The summed E-state index contributed by atoms with van der Waals surface area (Å²) in [7, 11) is 0. The molecule has 2 aromatic carbocycles. The van der Waals surface area contributed by atoms with E-state index in [0.717, 1.165) is 0 Å². The van der Waals surface area contributed by atoms with E-state index in [1.165, 1.54) is 0 Å². The molecule has 2 aromatic rings. The quantitative estimate of drug-likeness (QED) is 0.603. The molecule has 0 bridgehead atoms. The molecule has 0 saturated carbocycles. The zero-order chi connectivity index (χ0) is 17.2. The molecule has 0 atom stereocenters. The van der Waals surface area contributed by atoms with Gasteiger partial charge in [0.15, 0.2) is 6.61 Å². The van der Waals surface area contributed by atoms with Crippen LogP contribution in [0.15, 0.2) is 67.3 Å². The predicted molar refractivity (Wildman–Crippen MR) is 89.7 cm³/mol. The van der Waals surface area contributed by atoms with Gasteiger partial charge < -0.3 is 9.47 Å². The van der Waals surface area contributed by atoms with Gasteiger partial charge in [0.05, 0.1) is 0 Å². The van der Waals surface area contributed by atoms with Crippen LogP contribution in [0.2, 0.25) is 0 Å². The third-order valence-electron chi connectivity index (χ3n) is 2.91. The van der Waals surface area contributed by atoms with E-state index in [-0.39, 0.29) is 6.61 Å². The molecule has 0 heterocycles. The van der Waals surface area contributed by atoms with Crippen LogP contribution in [-0.4, -0.2) is 25.0 Å². The smallest absolute Gasteiger partial charge is 0.276 e. The van der Waals surface area contributed by atoms with Crippen molar-refractivity contribution >= 4 is 11.8 Å². The van der Waals surface area contributed by atoms with Crippen molar-refractivity contribution in [3.8, 4) is 11.5 Å². The second-order valence-electron chi connectivity index (χ2n) is 4.73. The normalized spacial score (nSPS) is 9.67. The van der Waals surface area contributed by atoms with Crippen molar-refractivity contribution in [2.24, 2.45) is 0 Å². The van der Waals surface area contributed by atoms with Gasteiger partial charge in [-0.15, -0.1) is 0 Å². The van der Waals surface area contributed by atoms with Gasteiger partial charge in [0.1, 0.15) is 18.1 Å². The summed E-state index contributed by atoms with van der Waals surface area (Å²) >= 11 is 0. The fourth-order valence-corrected chi connectivity index (χ4v) is 1.76. The Balaban J connectivity index is 1.75. The highest BCUT2D eigenvalue weighted by Gasteiger charge is 2.08. The molecule has 0 aliphatic heterocycles. The maximum atomic E-state index is 11.9. The molecule has 24 heavy (non-hydrogen) atoms. The Bertz CT molecular complexity index is 684. The summed E-state index contributed by atoms with van der Waals surface area (Å²) in [6.45, 7) is 3.75. The number of ether oxygens (including phenoxy) is 2. The average Bonchev–Trinajstić information content (AvgIpc) is 2.64. The van der Waals surface area contributed by atoms with Crippen molar-refractivity contribution in [3.05, 3.63) is 72.8 Å². The van der Waals surface area contributed by atoms with Gasteiger partial charge in [-0.05, 0) is 36.4 Å². The van der Waals surface area contributed by atoms with Crippen LogP contribution in [-0.2, 0) is 4.79 Å². The Labute approximate surface area is 140 Å². The van der Waals surface area contributed by atoms with Crippen molar-refractivity contribution in [3.63, 3.8) is 0 Å². The SMILES string of the molecule is C=CCOc1ccc(C(=O)NNC(=O)COc2ccccc2)cc1. The summed E-state index contributed by atoms with van der Waals surface area (Å²) in [4.78, 5) is 23.6. The first-order chi connectivity index (χ1) is 11.7. The fourth-order valence-electron chi connectivity index (χ4n) is 1.76. The van der Waals surface area contributed by atoms with Crippen molar-refractivity contribution in [2.75, 3.05) is 13.2 Å². The van der Waals surface area contributed by atoms with Crippen LogP contribution in [0.1, 0.15) is 10.4 Å². The highest BCUT2D eigenvalue weighted by molar-refractivity contribution is 5.95. The van der Waals surface area contributed by atoms with E-state index in [1.54, 1.807) is 54.6 Å². The lowest BCUT2D eigenvalue weighted by atomic mass is 10.2. The minimum absolute atomic E-state index is 0.196. The molecule has 2 rings (SSSR count). The number of rotatable bonds is 7. The fraction of sp³-hybridized carbons (Fsp3) is 0.111. The standard InChI is InChI=1S/C18H18N2O4/c1-2-12-23-16-10-8-14(9-11-16)18(22)20-19-17(21)13-24-15-6-4-3-5-7-15/h2-11H,1,12-13H2,(H,19,21)(H,20,22). The molecule has 0 aliphatic carbocycles. The summed E-state index contributed by atoms with van der Waals surface area (Å²) in [6, 6.07) is 15.5. The van der Waals surface area contributed by atoms with Crippen LogP contribution < -0.4 is 20.3 Å². The third kappa shape index (κ3) is 5.49. The summed E-state index contributed by atoms with van der Waals surface area (Å²) in [5.74, 6) is 0.317. The highest BCUT2D eigenvalue weighted by atomic mass is 16.5. The molecule has 0 fully saturated rings. The topological polar surface area (TPSA) is 76.7 Å². The van der Waals surface area contributed by atoms with E-state index in [4.69, 9.17) is 9.47 Å². The first-order valence-corrected chi connectivity index (χ1v) is 7.30. The van der Waals surface area contributed by atoms with E-state index in [1.807, 2.05) is 6.07 Å². The van der Waals surface area contributed by atoms with Crippen LogP contribution in [0.3, 0.4) is 0 Å². The summed E-state index contributed by atoms with van der Waals surface area (Å²) in [5, 5.41) is 0. The van der Waals surface area contributed by atoms with Gasteiger partial charge in [0.2, 0.25) is 0 Å². The first kappa shape index (κ1) is 17.1. The number of nitrogens with one attached hydrogen (secondary N) is 2. The summed E-state index contributed by atoms with van der Waals surface area (Å²) in [5.41, 5.74) is 5.01. The monoisotopic (exact) mass is 326 g/mol. The lowest BCUT2D eigenvalue weighted by molar-refractivity contribution is -0.123. The van der Waals surface area contributed by atoms with E-state index in [2.05, 4.69) is 17.4 Å². The van der Waals surface area contributed by atoms with Crippen LogP contribution in [0.4, 0.5) is 0 Å². The van der Waals surface area contributed by atoms with Crippen molar-refractivity contribution in [1.82, 2.24) is 10.9 Å². The number of amides is 2. The number of hydrogen-bond acceptors (Lipinski definition) is 4. The van der Waals surface area contributed by atoms with Gasteiger partial charge in [-0.1, -0.05) is 30.9 Å². The molecule has 0 aliphatic rings. The maximum absolute atomic E-state index is 11.9. The van der Waals surface area contributed by atoms with Crippen LogP contribution in [0.5, 0.6) is 11.5 Å². The lowest BCUT2D eigenvalue weighted by Crippen LogP contribution is -2.43. The van der Waals surface area contributed by atoms with Crippen molar-refractivity contribution < 1.29 is 19.1 Å². The molecule has 6 heteroatoms. The Kier molecular flexibility index (Phi) is 6.40. The van der Waals surface area contributed by atoms with Gasteiger partial charge >= 0.3 is 0 Å². The Hall–Kier alpha value is -3.28. The number of carbonyl (C=O) groups is 2. The Morgan fingerprint density at radius 1 is 0.917 bits per heavy atom. The van der Waals surface area contributed by atoms with E-state index < -0.39 is 11.8 Å². The molecule has 124 valence electrons. The molecule has 0 saturated heterocycles. The second kappa shape index (κ2) is 8.99. The largest absolute Gasteiger partial charge is 0.490 e. The predicted octanol–water partition coefficient (Wildman–Crippen LogP) is 2.09. The molecule has 0 unspecified atom stereocenters. The van der Waals surface area contributed by atoms with Gasteiger partial charge in [0, 0.05) is 5.56 Å². The zero-order valence-electron chi connectivity index (χ0n) is 13.0. The molecular formula is C18H18N2O4. The highest BCUT2D eigenvalue weighted by Crippen LogP contribution is 2.12. The number of hydrogen-bond donors (Lipinski definition) is 2. The van der Waals surface area contributed by atoms with Gasteiger partial charge in [0.25, 0.3) is 11.8 Å². The van der Waals surface area contributed by atoms with Crippen LogP contribution >= 0.6 is 0 Å². The maximum Gasteiger partial charge on any atom is 0.276 e. The average molecular weight is 326 g/mol. The third-order valence-corrected chi connectivity index (χ3v) is 2.91. The van der Waals surface area contributed by atoms with Gasteiger partial charge in [-0.2, -0.15) is 0 Å². The molecular weight excluding hydrogens is 308 g/mol. The Morgan fingerprint density at radius 2 is 1.58 bits per heavy atom. The molecule has 0 spiro atoms. The number of benzene rings is 2. The van der Waals surface area contributed by atoms with E-state index >= 15 is 0 Å². The molecule has 0 radical (unpaired) electrons. The second-order valence-corrected chi connectivity index (χ2v) is 4.73. The number of hydrazine groups is 1. The number of para-hydroxylation sites is 1. The molecule has 0 aromatic heterocycles. The zero-order valence-corrected chi connectivity index (χ0v) is 13.0. The lowest BCUT2D eigenvalue weighted by Gasteiger charge is -2.09. The summed E-state index contributed by atoms with van der Waals surface area (Å²) < 4.78 is 10.6. The number of carbonyl (C=O) groups excluding carboxylic acids is 2. The Morgan fingerprint density at radius 3 is 2.25 bits per heavy atom. The minimum atomic E-state index is -0.460. The van der Waals surface area contributed by atoms with E-state index in [0.29, 0.717) is 23.7 Å². The molecule has 2 amide bonds. The van der Waals surface area contributed by atoms with Gasteiger partial charge in [-0.25, -0.2) is 0 Å². The van der Waals surface area contributed by atoms with Gasteiger partial charge in [-0.3, -0.25) is 20.4 Å². The van der Waals surface area contributed by atoms with E-state index in [9.17, 15) is 9.59 Å².